The van der Waals surface area contributed by atoms with E-state index < -0.39 is 0 Å². The Labute approximate surface area is 394 Å². The van der Waals surface area contributed by atoms with Crippen LogP contribution in [0, 0.1) is 12.3 Å². The van der Waals surface area contributed by atoms with Crippen molar-refractivity contribution >= 4 is 45.0 Å². The minimum absolute atomic E-state index is 0.0846. The fourth-order valence-corrected chi connectivity index (χ4v) is 14.1. The van der Waals surface area contributed by atoms with Crippen molar-refractivity contribution in [3.63, 3.8) is 0 Å². The average molecular weight is 861 g/mol. The highest BCUT2D eigenvalue weighted by atomic mass is 16.3. The summed E-state index contributed by atoms with van der Waals surface area (Å²) in [4.78, 5) is 0. The first-order chi connectivity index (χ1) is 31.6. The van der Waals surface area contributed by atoms with Crippen molar-refractivity contribution in [3.8, 4) is 0 Å². The molecule has 2 aliphatic heterocycles. The van der Waals surface area contributed by atoms with Crippen LogP contribution in [0.2, 0.25) is 0 Å². The van der Waals surface area contributed by atoms with Gasteiger partial charge in [-0.2, -0.15) is 0 Å². The van der Waals surface area contributed by atoms with Gasteiger partial charge in [0.05, 0.1) is 0 Å². The number of hydrogen-bond acceptors (Lipinski definition) is 1. The molecule has 0 N–H and O–H groups in total. The highest BCUT2D eigenvalue weighted by Crippen LogP contribution is 2.67. The van der Waals surface area contributed by atoms with Crippen LogP contribution in [0.1, 0.15) is 166 Å². The third kappa shape index (κ3) is 6.18. The molecule has 1 nitrogen and oxygen atoms in total. The number of fused-ring (bicyclic) bond motifs is 10. The van der Waals surface area contributed by atoms with Crippen molar-refractivity contribution in [3.05, 3.63) is 206 Å². The van der Waals surface area contributed by atoms with Crippen LogP contribution in [0.4, 0.5) is 0 Å². The van der Waals surface area contributed by atoms with Gasteiger partial charge in [0, 0.05) is 34.1 Å². The molecule has 0 amide bonds. The van der Waals surface area contributed by atoms with Gasteiger partial charge in [0.1, 0.15) is 11.2 Å². The van der Waals surface area contributed by atoms with Gasteiger partial charge in [0.15, 0.2) is 0 Å². The Bertz CT molecular complexity index is 3220. The summed E-state index contributed by atoms with van der Waals surface area (Å²) < 4.78 is 6.97. The summed E-state index contributed by atoms with van der Waals surface area (Å²) in [6, 6.07) is 55.1. The highest BCUT2D eigenvalue weighted by Gasteiger charge is 2.61. The summed E-state index contributed by atoms with van der Waals surface area (Å²) in [7, 11) is 0. The maximum atomic E-state index is 6.97. The van der Waals surface area contributed by atoms with E-state index in [0.29, 0.717) is 5.92 Å². The van der Waals surface area contributed by atoms with E-state index in [-0.39, 0.29) is 40.2 Å². The first kappa shape index (κ1) is 41.8. The molecule has 0 saturated heterocycles. The Morgan fingerprint density at radius 3 is 2.08 bits per heavy atom. The van der Waals surface area contributed by atoms with E-state index in [1.54, 1.807) is 27.6 Å². The van der Waals surface area contributed by atoms with Gasteiger partial charge >= 0.3 is 0 Å². The smallest absolute Gasteiger partial charge is 0.242 e. The standard InChI is InChI=1S/C64H65BO/c1-39-34-43-38-50(48-18-14-17-47-46-16-10-11-21-56(46)66-60(47)48)51-37-42(49(41-24-29-45(30-25-41)62(5,6)7)36-40-22-27-44(28-23-40)61(2,3)4)26-31-54(51)65-55-20-15-19-53-57(55)58(52(35-39)59(43)65)64(9)33-13-12-32-63(53,64)8/h10-11,14-31,34-35,37,49-50,58H,12-13,32-33,36,38H2,1-9H3. The van der Waals surface area contributed by atoms with Gasteiger partial charge in [-0.3, -0.25) is 0 Å². The summed E-state index contributed by atoms with van der Waals surface area (Å²) >= 11 is 0. The van der Waals surface area contributed by atoms with Crippen molar-refractivity contribution in [1.29, 1.82) is 0 Å². The van der Waals surface area contributed by atoms with Crippen LogP contribution < -0.4 is 16.4 Å². The first-order valence-corrected chi connectivity index (χ1v) is 25.1. The lowest BCUT2D eigenvalue weighted by atomic mass is 9.31. The zero-order valence-corrected chi connectivity index (χ0v) is 40.7. The Balaban J connectivity index is 1.11. The molecule has 8 aromatic rings. The molecule has 1 fully saturated rings. The third-order valence-corrected chi connectivity index (χ3v) is 17.8. The summed E-state index contributed by atoms with van der Waals surface area (Å²) in [6.45, 7) is 21.7. The molecule has 2 aliphatic carbocycles. The van der Waals surface area contributed by atoms with Gasteiger partial charge in [-0.25, -0.2) is 0 Å². The van der Waals surface area contributed by atoms with Crippen LogP contribution in [-0.2, 0) is 29.1 Å². The van der Waals surface area contributed by atoms with E-state index >= 15 is 0 Å². The van der Waals surface area contributed by atoms with E-state index in [4.69, 9.17) is 4.42 Å². The maximum Gasteiger partial charge on any atom is 0.242 e. The topological polar surface area (TPSA) is 13.1 Å². The predicted molar refractivity (Wildman–Crippen MR) is 280 cm³/mol. The number of benzene rings is 7. The average Bonchev–Trinajstić information content (AvgIpc) is 3.73. The first-order valence-electron chi connectivity index (χ1n) is 25.1. The molecular formula is C64H65BO. The minimum Gasteiger partial charge on any atom is -0.456 e. The Morgan fingerprint density at radius 2 is 1.32 bits per heavy atom. The van der Waals surface area contributed by atoms with Crippen LogP contribution in [-0.4, -0.2) is 6.71 Å². The van der Waals surface area contributed by atoms with Gasteiger partial charge < -0.3 is 4.42 Å². The zero-order chi connectivity index (χ0) is 45.5. The predicted octanol–water partition coefficient (Wildman–Crippen LogP) is 14.4. The molecule has 5 atom stereocenters. The largest absolute Gasteiger partial charge is 0.456 e. The molecule has 0 radical (unpaired) electrons. The molecule has 2 heteroatoms. The Morgan fingerprint density at radius 1 is 0.636 bits per heavy atom. The number of hydrogen-bond donors (Lipinski definition) is 0. The number of rotatable bonds is 5. The minimum atomic E-state index is 0.0846. The second kappa shape index (κ2) is 14.7. The van der Waals surface area contributed by atoms with Crippen LogP contribution in [0.25, 0.3) is 21.9 Å². The molecule has 3 heterocycles. The van der Waals surface area contributed by atoms with E-state index in [9.17, 15) is 0 Å². The molecule has 1 aromatic heterocycles. The molecule has 5 unspecified atom stereocenters. The SMILES string of the molecule is Cc1cc2c3c(c1)C1c4c(cccc4C4(C)CCCCC14C)B3c1ccc(C(Cc3ccc(C(C)(C)C)cc3)c3ccc(C(C)(C)C)cc3)cc1C(c1cccc3c1oc1ccccc13)C2. The van der Waals surface area contributed by atoms with E-state index in [1.807, 2.05) is 0 Å². The zero-order valence-electron chi connectivity index (χ0n) is 40.7. The van der Waals surface area contributed by atoms with Gasteiger partial charge in [0.2, 0.25) is 6.71 Å². The van der Waals surface area contributed by atoms with Crippen molar-refractivity contribution in [2.75, 3.05) is 0 Å². The monoisotopic (exact) mass is 861 g/mol. The van der Waals surface area contributed by atoms with Gasteiger partial charge in [-0.1, -0.05) is 229 Å². The van der Waals surface area contributed by atoms with Gasteiger partial charge in [-0.05, 0) is 110 Å². The summed E-state index contributed by atoms with van der Waals surface area (Å²) in [5.41, 5.74) is 24.6. The lowest BCUT2D eigenvalue weighted by Crippen LogP contribution is -2.59. The van der Waals surface area contributed by atoms with Crippen LogP contribution >= 0.6 is 0 Å². The maximum absolute atomic E-state index is 6.97. The third-order valence-electron chi connectivity index (χ3n) is 17.8. The van der Waals surface area contributed by atoms with Crippen molar-refractivity contribution in [1.82, 2.24) is 0 Å². The van der Waals surface area contributed by atoms with E-state index in [2.05, 4.69) is 202 Å². The lowest BCUT2D eigenvalue weighted by Gasteiger charge is -2.50. The van der Waals surface area contributed by atoms with Crippen LogP contribution in [0.5, 0.6) is 0 Å². The van der Waals surface area contributed by atoms with Crippen molar-refractivity contribution in [2.45, 2.75) is 135 Å². The molecule has 7 aromatic carbocycles. The Kier molecular flexibility index (Phi) is 9.31. The molecular weight excluding hydrogens is 796 g/mol. The Hall–Kier alpha value is -5.60. The summed E-state index contributed by atoms with van der Waals surface area (Å²) in [5.74, 6) is 0.678. The fraction of sp³-hybridized carbons (Fsp3) is 0.344. The summed E-state index contributed by atoms with van der Waals surface area (Å²) in [5, 5.41) is 2.40. The van der Waals surface area contributed by atoms with Gasteiger partial charge in [0.25, 0.3) is 0 Å². The molecule has 66 heavy (non-hydrogen) atoms. The van der Waals surface area contributed by atoms with Crippen molar-refractivity contribution in [2.24, 2.45) is 5.41 Å². The molecule has 12 rings (SSSR count). The molecule has 1 saturated carbocycles. The number of furan rings is 1. The van der Waals surface area contributed by atoms with E-state index in [0.717, 1.165) is 24.0 Å². The fourth-order valence-electron chi connectivity index (χ4n) is 14.1. The number of para-hydroxylation sites is 2. The molecule has 0 spiro atoms. The highest BCUT2D eigenvalue weighted by molar-refractivity contribution is 6.97. The normalized spacial score (nSPS) is 22.4. The second-order valence-corrected chi connectivity index (χ2v) is 23.6. The quantitative estimate of drug-likeness (QED) is 0.157. The van der Waals surface area contributed by atoms with Crippen LogP contribution in [0.3, 0.4) is 0 Å². The van der Waals surface area contributed by atoms with E-state index in [1.165, 1.54) is 92.0 Å². The second-order valence-electron chi connectivity index (χ2n) is 23.6. The molecule has 0 bridgehead atoms. The van der Waals surface area contributed by atoms with Crippen LogP contribution in [0.15, 0.2) is 144 Å². The molecule has 4 aliphatic rings. The molecule has 330 valence electrons. The van der Waals surface area contributed by atoms with Crippen molar-refractivity contribution < 1.29 is 4.42 Å². The van der Waals surface area contributed by atoms with Gasteiger partial charge in [-0.15, -0.1) is 0 Å². The lowest BCUT2D eigenvalue weighted by molar-refractivity contribution is 0.0926. The summed E-state index contributed by atoms with van der Waals surface area (Å²) in [6.07, 6.45) is 7.06. The number of aryl methyl sites for hydroxylation is 1.